The van der Waals surface area contributed by atoms with Gasteiger partial charge < -0.3 is 10.4 Å². The van der Waals surface area contributed by atoms with E-state index in [9.17, 15) is 5.11 Å². The molecule has 0 radical (unpaired) electrons. The molecule has 2 saturated carbocycles. The number of nitrogens with one attached hydrogen (secondary N) is 1. The Hall–Kier alpha value is -0.0800. The van der Waals surface area contributed by atoms with Gasteiger partial charge in [0.1, 0.15) is 0 Å². The Morgan fingerprint density at radius 2 is 2.08 bits per heavy atom. The van der Waals surface area contributed by atoms with Gasteiger partial charge in [-0.2, -0.15) is 0 Å². The fourth-order valence-corrected chi connectivity index (χ4v) is 2.59. The Bertz CT molecular complexity index is 181. The van der Waals surface area contributed by atoms with Crippen LogP contribution in [-0.4, -0.2) is 23.3 Å². The molecule has 76 valence electrons. The van der Waals surface area contributed by atoms with E-state index in [0.717, 1.165) is 11.8 Å². The SMILES string of the molecule is CC(O)C(C)NC1CCCC2CC21. The minimum absolute atomic E-state index is 0.223. The Kier molecular flexibility index (Phi) is 2.61. The summed E-state index contributed by atoms with van der Waals surface area (Å²) in [5.41, 5.74) is 0. The van der Waals surface area contributed by atoms with E-state index in [0.29, 0.717) is 6.04 Å². The zero-order valence-electron chi connectivity index (χ0n) is 8.66. The van der Waals surface area contributed by atoms with Gasteiger partial charge in [-0.25, -0.2) is 0 Å². The molecule has 13 heavy (non-hydrogen) atoms. The van der Waals surface area contributed by atoms with E-state index in [1.54, 1.807) is 0 Å². The number of hydrogen-bond donors (Lipinski definition) is 2. The number of fused-ring (bicyclic) bond motifs is 1. The molecule has 0 aromatic rings. The molecule has 2 aliphatic rings. The Morgan fingerprint density at radius 1 is 1.31 bits per heavy atom. The van der Waals surface area contributed by atoms with Crippen molar-refractivity contribution in [2.24, 2.45) is 11.8 Å². The molecule has 0 spiro atoms. The van der Waals surface area contributed by atoms with Crippen LogP contribution in [0.5, 0.6) is 0 Å². The fourth-order valence-electron chi connectivity index (χ4n) is 2.59. The van der Waals surface area contributed by atoms with Crippen molar-refractivity contribution in [1.82, 2.24) is 5.32 Å². The van der Waals surface area contributed by atoms with Crippen LogP contribution in [-0.2, 0) is 0 Å². The van der Waals surface area contributed by atoms with Gasteiger partial charge in [0.2, 0.25) is 0 Å². The first-order valence-electron chi connectivity index (χ1n) is 5.62. The third-order valence-electron chi connectivity index (χ3n) is 3.78. The van der Waals surface area contributed by atoms with Gasteiger partial charge in [-0.15, -0.1) is 0 Å². The Balaban J connectivity index is 1.80. The van der Waals surface area contributed by atoms with Crippen molar-refractivity contribution in [3.8, 4) is 0 Å². The molecule has 0 aliphatic heterocycles. The van der Waals surface area contributed by atoms with E-state index in [1.807, 2.05) is 6.92 Å². The molecule has 2 N–H and O–H groups in total. The van der Waals surface area contributed by atoms with Gasteiger partial charge in [0.25, 0.3) is 0 Å². The highest BCUT2D eigenvalue weighted by molar-refractivity contribution is 4.99. The van der Waals surface area contributed by atoms with Crippen LogP contribution < -0.4 is 5.32 Å². The third-order valence-corrected chi connectivity index (χ3v) is 3.78. The normalized spacial score (nSPS) is 42.2. The van der Waals surface area contributed by atoms with Gasteiger partial charge in [0.05, 0.1) is 6.10 Å². The zero-order chi connectivity index (χ0) is 9.42. The third kappa shape index (κ3) is 2.05. The van der Waals surface area contributed by atoms with Crippen molar-refractivity contribution in [3.63, 3.8) is 0 Å². The number of hydrogen-bond acceptors (Lipinski definition) is 2. The van der Waals surface area contributed by atoms with Gasteiger partial charge in [0, 0.05) is 12.1 Å². The van der Waals surface area contributed by atoms with Gasteiger partial charge in [-0.1, -0.05) is 12.8 Å². The summed E-state index contributed by atoms with van der Waals surface area (Å²) in [5, 5.41) is 12.9. The lowest BCUT2D eigenvalue weighted by molar-refractivity contribution is 0.138. The molecule has 0 amide bonds. The van der Waals surface area contributed by atoms with E-state index >= 15 is 0 Å². The quantitative estimate of drug-likeness (QED) is 0.695. The van der Waals surface area contributed by atoms with Crippen LogP contribution in [0.1, 0.15) is 39.5 Å². The summed E-state index contributed by atoms with van der Waals surface area (Å²) in [5.74, 6) is 1.96. The Labute approximate surface area is 80.7 Å². The van der Waals surface area contributed by atoms with Crippen LogP contribution in [0.25, 0.3) is 0 Å². The van der Waals surface area contributed by atoms with Gasteiger partial charge in [-0.3, -0.25) is 0 Å². The molecule has 2 heteroatoms. The molecule has 2 nitrogen and oxygen atoms in total. The fraction of sp³-hybridized carbons (Fsp3) is 1.00. The summed E-state index contributed by atoms with van der Waals surface area (Å²) in [6.45, 7) is 3.95. The molecule has 2 aliphatic carbocycles. The standard InChI is InChI=1S/C11H21NO/c1-7(8(2)13)12-11-5-3-4-9-6-10(9)11/h7-13H,3-6H2,1-2H3. The first-order chi connectivity index (χ1) is 6.18. The van der Waals surface area contributed by atoms with Crippen molar-refractivity contribution in [2.75, 3.05) is 0 Å². The summed E-state index contributed by atoms with van der Waals surface area (Å²) in [7, 11) is 0. The van der Waals surface area contributed by atoms with Crippen molar-refractivity contribution < 1.29 is 5.11 Å². The molecule has 0 aromatic heterocycles. The molecule has 2 fully saturated rings. The van der Waals surface area contributed by atoms with Crippen molar-refractivity contribution in [1.29, 1.82) is 0 Å². The summed E-state index contributed by atoms with van der Waals surface area (Å²) in [6, 6.07) is 0.952. The summed E-state index contributed by atoms with van der Waals surface area (Å²) in [6.07, 6.45) is 5.36. The minimum atomic E-state index is -0.223. The maximum Gasteiger partial charge on any atom is 0.0662 e. The highest BCUT2D eigenvalue weighted by Crippen LogP contribution is 2.49. The molecule has 0 aromatic carbocycles. The van der Waals surface area contributed by atoms with Crippen LogP contribution in [0.3, 0.4) is 0 Å². The predicted molar refractivity (Wildman–Crippen MR) is 53.5 cm³/mol. The smallest absolute Gasteiger partial charge is 0.0662 e. The predicted octanol–water partition coefficient (Wildman–Crippen LogP) is 1.53. The van der Waals surface area contributed by atoms with E-state index in [2.05, 4.69) is 12.2 Å². The Morgan fingerprint density at radius 3 is 2.77 bits per heavy atom. The van der Waals surface area contributed by atoms with Gasteiger partial charge >= 0.3 is 0 Å². The van der Waals surface area contributed by atoms with Crippen LogP contribution >= 0.6 is 0 Å². The van der Waals surface area contributed by atoms with Gasteiger partial charge in [0.15, 0.2) is 0 Å². The molecule has 0 heterocycles. The number of aliphatic hydroxyl groups excluding tert-OH is 1. The molecular formula is C11H21NO. The van der Waals surface area contributed by atoms with E-state index in [4.69, 9.17) is 0 Å². The maximum absolute atomic E-state index is 9.39. The van der Waals surface area contributed by atoms with Crippen molar-refractivity contribution in [3.05, 3.63) is 0 Å². The number of aliphatic hydroxyl groups is 1. The molecular weight excluding hydrogens is 162 g/mol. The first-order valence-corrected chi connectivity index (χ1v) is 5.62. The highest BCUT2D eigenvalue weighted by Gasteiger charge is 2.45. The lowest BCUT2D eigenvalue weighted by Crippen LogP contribution is -2.44. The van der Waals surface area contributed by atoms with Crippen LogP contribution in [0, 0.1) is 11.8 Å². The monoisotopic (exact) mass is 183 g/mol. The maximum atomic E-state index is 9.39. The molecule has 5 atom stereocenters. The van der Waals surface area contributed by atoms with Crippen LogP contribution in [0.4, 0.5) is 0 Å². The van der Waals surface area contributed by atoms with Gasteiger partial charge in [-0.05, 0) is 38.5 Å². The number of rotatable bonds is 3. The minimum Gasteiger partial charge on any atom is -0.392 e. The van der Waals surface area contributed by atoms with Crippen LogP contribution in [0.2, 0.25) is 0 Å². The first kappa shape index (κ1) is 9.47. The average molecular weight is 183 g/mol. The van der Waals surface area contributed by atoms with E-state index < -0.39 is 0 Å². The van der Waals surface area contributed by atoms with Crippen molar-refractivity contribution in [2.45, 2.75) is 57.7 Å². The van der Waals surface area contributed by atoms with E-state index in [1.165, 1.54) is 25.7 Å². The molecule has 2 rings (SSSR count). The lowest BCUT2D eigenvalue weighted by atomic mass is 9.94. The van der Waals surface area contributed by atoms with Crippen LogP contribution in [0.15, 0.2) is 0 Å². The zero-order valence-corrected chi connectivity index (χ0v) is 8.66. The summed E-state index contributed by atoms with van der Waals surface area (Å²) < 4.78 is 0. The summed E-state index contributed by atoms with van der Waals surface area (Å²) >= 11 is 0. The summed E-state index contributed by atoms with van der Waals surface area (Å²) in [4.78, 5) is 0. The average Bonchev–Trinajstić information content (AvgIpc) is 2.83. The molecule has 0 bridgehead atoms. The lowest BCUT2D eigenvalue weighted by Gasteiger charge is -2.27. The second-order valence-electron chi connectivity index (χ2n) is 4.89. The highest BCUT2D eigenvalue weighted by atomic mass is 16.3. The van der Waals surface area contributed by atoms with Crippen molar-refractivity contribution >= 4 is 0 Å². The second-order valence-corrected chi connectivity index (χ2v) is 4.89. The topological polar surface area (TPSA) is 32.3 Å². The van der Waals surface area contributed by atoms with E-state index in [-0.39, 0.29) is 12.1 Å². The second kappa shape index (κ2) is 3.58. The largest absolute Gasteiger partial charge is 0.392 e. The molecule has 0 saturated heterocycles. The molecule has 5 unspecified atom stereocenters.